The highest BCUT2D eigenvalue weighted by Crippen LogP contribution is 2.29. The molecule has 1 aromatic rings. The molecule has 1 atom stereocenters. The van der Waals surface area contributed by atoms with Crippen LogP contribution in [0.4, 0.5) is 11.4 Å². The zero-order valence-corrected chi connectivity index (χ0v) is 10.7. The van der Waals surface area contributed by atoms with Gasteiger partial charge in [0.15, 0.2) is 0 Å². The van der Waals surface area contributed by atoms with E-state index in [-0.39, 0.29) is 22.9 Å². The highest BCUT2D eigenvalue weighted by molar-refractivity contribution is 5.67. The van der Waals surface area contributed by atoms with Crippen LogP contribution in [0.1, 0.15) is 18.4 Å². The fourth-order valence-electron chi connectivity index (χ4n) is 2.47. The predicted molar refractivity (Wildman–Crippen MR) is 70.4 cm³/mol. The first kappa shape index (κ1) is 13.3. The van der Waals surface area contributed by atoms with Crippen molar-refractivity contribution in [3.63, 3.8) is 0 Å². The Morgan fingerprint density at radius 1 is 1.58 bits per heavy atom. The van der Waals surface area contributed by atoms with E-state index in [1.807, 2.05) is 11.0 Å². The van der Waals surface area contributed by atoms with Crippen LogP contribution in [0, 0.1) is 23.0 Å². The Kier molecular flexibility index (Phi) is 3.69. The number of carboxylic acids is 1. The number of hydrogen-bond acceptors (Lipinski definition) is 4. The maximum Gasteiger partial charge on any atom is 0.303 e. The van der Waals surface area contributed by atoms with Crippen molar-refractivity contribution in [1.82, 2.24) is 0 Å². The standard InChI is InChI=1S/C13H16N2O4/c1-9-2-3-11(7-12(9)15(18)19)14-5-4-10(8-14)6-13(16)17/h2-3,7,10H,4-6,8H2,1H3,(H,16,17). The van der Waals surface area contributed by atoms with Gasteiger partial charge >= 0.3 is 5.97 Å². The number of aliphatic carboxylic acids is 1. The average molecular weight is 264 g/mol. The minimum Gasteiger partial charge on any atom is -0.481 e. The van der Waals surface area contributed by atoms with Crippen molar-refractivity contribution in [3.05, 3.63) is 33.9 Å². The first-order valence-electron chi connectivity index (χ1n) is 6.19. The number of anilines is 1. The summed E-state index contributed by atoms with van der Waals surface area (Å²) < 4.78 is 0. The predicted octanol–water partition coefficient (Wildman–Crippen LogP) is 2.20. The number of nitro benzene ring substituents is 1. The number of hydrogen-bond donors (Lipinski definition) is 1. The second kappa shape index (κ2) is 5.26. The van der Waals surface area contributed by atoms with Gasteiger partial charge in [-0.05, 0) is 25.3 Å². The quantitative estimate of drug-likeness (QED) is 0.665. The molecule has 2 rings (SSSR count). The largest absolute Gasteiger partial charge is 0.481 e. The molecule has 0 bridgehead atoms. The molecule has 1 saturated heterocycles. The van der Waals surface area contributed by atoms with Gasteiger partial charge in [0.05, 0.1) is 4.92 Å². The number of nitrogens with zero attached hydrogens (tertiary/aromatic N) is 2. The molecule has 1 aliphatic rings. The van der Waals surface area contributed by atoms with Crippen molar-refractivity contribution in [1.29, 1.82) is 0 Å². The lowest BCUT2D eigenvalue weighted by Gasteiger charge is -2.18. The summed E-state index contributed by atoms with van der Waals surface area (Å²) in [5.74, 6) is -0.667. The normalized spacial score (nSPS) is 18.6. The molecule has 1 unspecified atom stereocenters. The second-order valence-electron chi connectivity index (χ2n) is 4.93. The van der Waals surface area contributed by atoms with Crippen molar-refractivity contribution >= 4 is 17.3 Å². The number of carbonyl (C=O) groups is 1. The third kappa shape index (κ3) is 3.01. The molecule has 0 aromatic heterocycles. The lowest BCUT2D eigenvalue weighted by molar-refractivity contribution is -0.385. The zero-order chi connectivity index (χ0) is 14.0. The monoisotopic (exact) mass is 264 g/mol. The first-order chi connectivity index (χ1) is 8.97. The van der Waals surface area contributed by atoms with E-state index in [1.54, 1.807) is 19.1 Å². The van der Waals surface area contributed by atoms with Crippen LogP contribution in [0.3, 0.4) is 0 Å². The summed E-state index contributed by atoms with van der Waals surface area (Å²) in [6.45, 7) is 3.10. The summed E-state index contributed by atoms with van der Waals surface area (Å²) >= 11 is 0. The minimum absolute atomic E-state index is 0.110. The molecular weight excluding hydrogens is 248 g/mol. The Morgan fingerprint density at radius 2 is 2.32 bits per heavy atom. The summed E-state index contributed by atoms with van der Waals surface area (Å²) in [4.78, 5) is 23.2. The van der Waals surface area contributed by atoms with E-state index >= 15 is 0 Å². The van der Waals surface area contributed by atoms with Crippen molar-refractivity contribution < 1.29 is 14.8 Å². The lowest BCUT2D eigenvalue weighted by atomic mass is 10.1. The van der Waals surface area contributed by atoms with Gasteiger partial charge in [-0.3, -0.25) is 14.9 Å². The Bertz CT molecular complexity index is 515. The van der Waals surface area contributed by atoms with Gasteiger partial charge in [-0.15, -0.1) is 0 Å². The summed E-state index contributed by atoms with van der Waals surface area (Å²) in [5, 5.41) is 19.7. The number of nitro groups is 1. The molecule has 1 aromatic carbocycles. The molecule has 6 nitrogen and oxygen atoms in total. The molecule has 1 fully saturated rings. The Labute approximate surface area is 110 Å². The third-order valence-electron chi connectivity index (χ3n) is 3.50. The fraction of sp³-hybridized carbons (Fsp3) is 0.462. The summed E-state index contributed by atoms with van der Waals surface area (Å²) in [5.41, 5.74) is 1.54. The SMILES string of the molecule is Cc1ccc(N2CCC(CC(=O)O)C2)cc1[N+](=O)[O-]. The number of aryl methyl sites for hydroxylation is 1. The molecule has 1 N–H and O–H groups in total. The molecule has 6 heteroatoms. The lowest BCUT2D eigenvalue weighted by Crippen LogP contribution is -2.20. The molecule has 102 valence electrons. The number of carboxylic acid groups (broad SMARTS) is 1. The Morgan fingerprint density at radius 3 is 2.95 bits per heavy atom. The van der Waals surface area contributed by atoms with Crippen LogP contribution in [-0.4, -0.2) is 29.1 Å². The Hall–Kier alpha value is -2.11. The van der Waals surface area contributed by atoms with Crippen molar-refractivity contribution in [2.24, 2.45) is 5.92 Å². The van der Waals surface area contributed by atoms with Crippen molar-refractivity contribution in [2.75, 3.05) is 18.0 Å². The maximum atomic E-state index is 10.9. The highest BCUT2D eigenvalue weighted by atomic mass is 16.6. The van der Waals surface area contributed by atoms with Crippen LogP contribution in [0.2, 0.25) is 0 Å². The first-order valence-corrected chi connectivity index (χ1v) is 6.19. The van der Waals surface area contributed by atoms with Crippen LogP contribution in [0.25, 0.3) is 0 Å². The second-order valence-corrected chi connectivity index (χ2v) is 4.93. The maximum absolute atomic E-state index is 10.9. The van der Waals surface area contributed by atoms with Crippen molar-refractivity contribution in [3.8, 4) is 0 Å². The van der Waals surface area contributed by atoms with E-state index in [9.17, 15) is 14.9 Å². The van der Waals surface area contributed by atoms with Crippen LogP contribution < -0.4 is 4.90 Å². The Balaban J connectivity index is 2.13. The molecule has 19 heavy (non-hydrogen) atoms. The van der Waals surface area contributed by atoms with Crippen molar-refractivity contribution in [2.45, 2.75) is 19.8 Å². The van der Waals surface area contributed by atoms with E-state index in [1.165, 1.54) is 0 Å². The van der Waals surface area contributed by atoms with Gasteiger partial charge in [0.2, 0.25) is 0 Å². The minimum atomic E-state index is -0.790. The molecule has 0 aliphatic carbocycles. The van der Waals surface area contributed by atoms with Gasteiger partial charge in [-0.1, -0.05) is 6.07 Å². The number of benzene rings is 1. The molecule has 0 saturated carbocycles. The van der Waals surface area contributed by atoms with Gasteiger partial charge in [-0.2, -0.15) is 0 Å². The van der Waals surface area contributed by atoms with E-state index in [0.717, 1.165) is 18.7 Å². The van der Waals surface area contributed by atoms with Crippen LogP contribution in [0.5, 0.6) is 0 Å². The molecule has 0 amide bonds. The summed E-state index contributed by atoms with van der Waals surface area (Å²) in [7, 11) is 0. The van der Waals surface area contributed by atoms with Gasteiger partial charge in [-0.25, -0.2) is 0 Å². The zero-order valence-electron chi connectivity index (χ0n) is 10.7. The van der Waals surface area contributed by atoms with Crippen LogP contribution in [-0.2, 0) is 4.79 Å². The smallest absolute Gasteiger partial charge is 0.303 e. The molecule has 1 aliphatic heterocycles. The van der Waals surface area contributed by atoms with Gasteiger partial charge in [0, 0.05) is 36.8 Å². The summed E-state index contributed by atoms with van der Waals surface area (Å²) in [6, 6.07) is 5.15. The van der Waals surface area contributed by atoms with E-state index in [0.29, 0.717) is 12.1 Å². The average Bonchev–Trinajstić information content (AvgIpc) is 2.76. The molecule has 0 spiro atoms. The van der Waals surface area contributed by atoms with Gasteiger partial charge in [0.25, 0.3) is 5.69 Å². The number of rotatable bonds is 4. The topological polar surface area (TPSA) is 83.7 Å². The third-order valence-corrected chi connectivity index (χ3v) is 3.50. The van der Waals surface area contributed by atoms with Crippen LogP contribution in [0.15, 0.2) is 18.2 Å². The molecule has 1 heterocycles. The van der Waals surface area contributed by atoms with Gasteiger partial charge in [0.1, 0.15) is 0 Å². The highest BCUT2D eigenvalue weighted by Gasteiger charge is 2.25. The molecular formula is C13H16N2O4. The van der Waals surface area contributed by atoms with Crippen LogP contribution >= 0.6 is 0 Å². The fourth-order valence-corrected chi connectivity index (χ4v) is 2.47. The summed E-state index contributed by atoms with van der Waals surface area (Å²) in [6.07, 6.45) is 0.971. The molecule has 0 radical (unpaired) electrons. The van der Waals surface area contributed by atoms with E-state index < -0.39 is 5.97 Å². The van der Waals surface area contributed by atoms with E-state index in [2.05, 4.69) is 0 Å². The van der Waals surface area contributed by atoms with Gasteiger partial charge < -0.3 is 10.0 Å². The van der Waals surface area contributed by atoms with E-state index in [4.69, 9.17) is 5.11 Å².